The Balaban J connectivity index is 2.29. The van der Waals surface area contributed by atoms with Crippen LogP contribution in [0, 0.1) is 0 Å². The Labute approximate surface area is 105 Å². The van der Waals surface area contributed by atoms with E-state index in [-0.39, 0.29) is 6.61 Å². The van der Waals surface area contributed by atoms with Crippen LogP contribution in [-0.4, -0.2) is 28.4 Å². The molecule has 2 aromatic rings. The number of ether oxygens (including phenoxy) is 1. The standard InChI is InChI=1S/C13H16N2O3/c1-13(8-16,18-12(14)17)6-9-7-15-11-5-3-2-4-10(9)11/h2-5,7,15-16H,6,8H2,1H3,(H2,14,17). The highest BCUT2D eigenvalue weighted by Crippen LogP contribution is 2.24. The summed E-state index contributed by atoms with van der Waals surface area (Å²) >= 11 is 0. The lowest BCUT2D eigenvalue weighted by Gasteiger charge is -2.26. The Kier molecular flexibility index (Phi) is 3.25. The molecule has 0 aliphatic heterocycles. The molecule has 2 rings (SSSR count). The summed E-state index contributed by atoms with van der Waals surface area (Å²) in [6, 6.07) is 7.81. The molecular formula is C13H16N2O3. The molecule has 0 bridgehead atoms. The van der Waals surface area contributed by atoms with Gasteiger partial charge in [0.1, 0.15) is 5.60 Å². The number of rotatable bonds is 4. The minimum absolute atomic E-state index is 0.282. The third kappa shape index (κ3) is 2.46. The number of carbonyl (C=O) groups is 1. The fourth-order valence-corrected chi connectivity index (χ4v) is 2.05. The van der Waals surface area contributed by atoms with Gasteiger partial charge in [-0.1, -0.05) is 18.2 Å². The molecule has 5 heteroatoms. The number of carbonyl (C=O) groups excluding carboxylic acids is 1. The van der Waals surface area contributed by atoms with Crippen LogP contribution >= 0.6 is 0 Å². The number of hydrogen-bond acceptors (Lipinski definition) is 3. The third-order valence-corrected chi connectivity index (χ3v) is 2.92. The SMILES string of the molecule is CC(CO)(Cc1c[nH]c2ccccc12)OC(N)=O. The average Bonchev–Trinajstić information content (AvgIpc) is 2.72. The number of benzene rings is 1. The van der Waals surface area contributed by atoms with Gasteiger partial charge in [-0.05, 0) is 18.6 Å². The van der Waals surface area contributed by atoms with Crippen molar-refractivity contribution in [3.8, 4) is 0 Å². The average molecular weight is 248 g/mol. The van der Waals surface area contributed by atoms with E-state index in [0.29, 0.717) is 6.42 Å². The lowest BCUT2D eigenvalue weighted by Crippen LogP contribution is -2.39. The van der Waals surface area contributed by atoms with Crippen LogP contribution in [0.3, 0.4) is 0 Å². The highest BCUT2D eigenvalue weighted by Gasteiger charge is 2.28. The van der Waals surface area contributed by atoms with Crippen LogP contribution in [0.15, 0.2) is 30.5 Å². The van der Waals surface area contributed by atoms with Crippen molar-refractivity contribution in [3.63, 3.8) is 0 Å². The quantitative estimate of drug-likeness (QED) is 0.767. The number of nitrogens with two attached hydrogens (primary N) is 1. The van der Waals surface area contributed by atoms with E-state index < -0.39 is 11.7 Å². The predicted molar refractivity (Wildman–Crippen MR) is 68.2 cm³/mol. The van der Waals surface area contributed by atoms with Gasteiger partial charge in [-0.3, -0.25) is 0 Å². The zero-order valence-corrected chi connectivity index (χ0v) is 10.1. The van der Waals surface area contributed by atoms with Crippen LogP contribution in [0.2, 0.25) is 0 Å². The summed E-state index contributed by atoms with van der Waals surface area (Å²) in [6.45, 7) is 1.37. The minimum Gasteiger partial charge on any atom is -0.441 e. The smallest absolute Gasteiger partial charge is 0.405 e. The Morgan fingerprint density at radius 3 is 2.89 bits per heavy atom. The third-order valence-electron chi connectivity index (χ3n) is 2.92. The molecule has 1 aromatic heterocycles. The molecule has 96 valence electrons. The van der Waals surface area contributed by atoms with E-state index >= 15 is 0 Å². The van der Waals surface area contributed by atoms with Gasteiger partial charge in [0.25, 0.3) is 0 Å². The zero-order valence-electron chi connectivity index (χ0n) is 10.1. The maximum absolute atomic E-state index is 10.8. The van der Waals surface area contributed by atoms with E-state index in [4.69, 9.17) is 10.5 Å². The predicted octanol–water partition coefficient (Wildman–Crippen LogP) is 1.56. The maximum Gasteiger partial charge on any atom is 0.405 e. The van der Waals surface area contributed by atoms with E-state index in [0.717, 1.165) is 16.5 Å². The van der Waals surface area contributed by atoms with Crippen molar-refractivity contribution in [3.05, 3.63) is 36.0 Å². The minimum atomic E-state index is -1.00. The number of aromatic amines is 1. The second-order valence-corrected chi connectivity index (χ2v) is 4.57. The number of aliphatic hydroxyl groups excluding tert-OH is 1. The zero-order chi connectivity index (χ0) is 13.2. The first-order valence-electron chi connectivity index (χ1n) is 5.68. The second kappa shape index (κ2) is 4.70. The fraction of sp³-hybridized carbons (Fsp3) is 0.308. The van der Waals surface area contributed by atoms with Crippen molar-refractivity contribution in [1.82, 2.24) is 4.98 Å². The molecule has 18 heavy (non-hydrogen) atoms. The number of para-hydroxylation sites is 1. The monoisotopic (exact) mass is 248 g/mol. The van der Waals surface area contributed by atoms with E-state index in [1.165, 1.54) is 0 Å². The maximum atomic E-state index is 10.8. The molecule has 1 unspecified atom stereocenters. The topological polar surface area (TPSA) is 88.3 Å². The highest BCUT2D eigenvalue weighted by atomic mass is 16.6. The van der Waals surface area contributed by atoms with Gasteiger partial charge in [0.05, 0.1) is 6.61 Å². The molecule has 0 saturated carbocycles. The summed E-state index contributed by atoms with van der Waals surface area (Å²) in [5, 5.41) is 10.4. The Bertz CT molecular complexity index is 564. The van der Waals surface area contributed by atoms with Gasteiger partial charge in [-0.2, -0.15) is 0 Å². The van der Waals surface area contributed by atoms with Crippen LogP contribution < -0.4 is 5.73 Å². The number of aliphatic hydroxyl groups is 1. The normalized spacial score (nSPS) is 14.3. The highest BCUT2D eigenvalue weighted by molar-refractivity contribution is 5.83. The molecule has 0 aliphatic rings. The number of primary amides is 1. The molecule has 0 aliphatic carbocycles. The first kappa shape index (κ1) is 12.4. The first-order chi connectivity index (χ1) is 8.54. The lowest BCUT2D eigenvalue weighted by atomic mass is 9.97. The Hall–Kier alpha value is -2.01. The van der Waals surface area contributed by atoms with E-state index in [1.54, 1.807) is 6.92 Å². The van der Waals surface area contributed by atoms with Gasteiger partial charge in [-0.15, -0.1) is 0 Å². The molecule has 0 saturated heterocycles. The van der Waals surface area contributed by atoms with Crippen LogP contribution in [0.5, 0.6) is 0 Å². The summed E-state index contributed by atoms with van der Waals surface area (Å²) in [4.78, 5) is 14.0. The van der Waals surface area contributed by atoms with Crippen LogP contribution in [0.1, 0.15) is 12.5 Å². The van der Waals surface area contributed by atoms with Crippen molar-refractivity contribution in [2.75, 3.05) is 6.61 Å². The van der Waals surface area contributed by atoms with Crippen molar-refractivity contribution in [2.45, 2.75) is 18.9 Å². The number of H-pyrrole nitrogens is 1. The van der Waals surface area contributed by atoms with Crippen LogP contribution in [0.4, 0.5) is 4.79 Å². The van der Waals surface area contributed by atoms with Gasteiger partial charge in [0.2, 0.25) is 0 Å². The van der Waals surface area contributed by atoms with Crippen molar-refractivity contribution >= 4 is 17.0 Å². The van der Waals surface area contributed by atoms with Crippen LogP contribution in [0.25, 0.3) is 10.9 Å². The number of aromatic nitrogens is 1. The number of amides is 1. The lowest BCUT2D eigenvalue weighted by molar-refractivity contribution is -0.0120. The summed E-state index contributed by atoms with van der Waals surface area (Å²) < 4.78 is 4.98. The van der Waals surface area contributed by atoms with Gasteiger partial charge < -0.3 is 20.6 Å². The number of hydrogen-bond donors (Lipinski definition) is 3. The summed E-state index contributed by atoms with van der Waals surface area (Å²) in [6.07, 6.45) is 1.37. The first-order valence-corrected chi connectivity index (χ1v) is 5.68. The molecule has 0 fully saturated rings. The molecule has 5 nitrogen and oxygen atoms in total. The molecule has 1 heterocycles. The molecule has 1 aromatic carbocycles. The summed E-state index contributed by atoms with van der Waals surface area (Å²) in [5.41, 5.74) is 5.99. The summed E-state index contributed by atoms with van der Waals surface area (Å²) in [5.74, 6) is 0. The van der Waals surface area contributed by atoms with E-state index in [2.05, 4.69) is 4.98 Å². The molecular weight excluding hydrogens is 232 g/mol. The molecule has 0 radical (unpaired) electrons. The second-order valence-electron chi connectivity index (χ2n) is 4.57. The van der Waals surface area contributed by atoms with Gasteiger partial charge >= 0.3 is 6.09 Å². The molecule has 1 amide bonds. The molecule has 1 atom stereocenters. The van der Waals surface area contributed by atoms with Crippen molar-refractivity contribution < 1.29 is 14.6 Å². The summed E-state index contributed by atoms with van der Waals surface area (Å²) in [7, 11) is 0. The number of fused-ring (bicyclic) bond motifs is 1. The molecule has 0 spiro atoms. The van der Waals surface area contributed by atoms with Crippen molar-refractivity contribution in [2.24, 2.45) is 5.73 Å². The van der Waals surface area contributed by atoms with E-state index in [9.17, 15) is 9.90 Å². The largest absolute Gasteiger partial charge is 0.441 e. The van der Waals surface area contributed by atoms with Crippen molar-refractivity contribution in [1.29, 1.82) is 0 Å². The van der Waals surface area contributed by atoms with E-state index in [1.807, 2.05) is 30.5 Å². The number of nitrogens with one attached hydrogen (secondary N) is 1. The Morgan fingerprint density at radius 1 is 1.50 bits per heavy atom. The fourth-order valence-electron chi connectivity index (χ4n) is 2.05. The molecule has 4 N–H and O–H groups in total. The van der Waals surface area contributed by atoms with Crippen LogP contribution in [-0.2, 0) is 11.2 Å². The van der Waals surface area contributed by atoms with Gasteiger partial charge in [-0.25, -0.2) is 4.79 Å². The Morgan fingerprint density at radius 2 is 2.22 bits per heavy atom. The van der Waals surface area contributed by atoms with Gasteiger partial charge in [0.15, 0.2) is 0 Å². The van der Waals surface area contributed by atoms with Gasteiger partial charge in [0, 0.05) is 23.5 Å².